The first-order valence-corrected chi connectivity index (χ1v) is 17.8. The van der Waals surface area contributed by atoms with Crippen LogP contribution < -0.4 is 0 Å². The topological polar surface area (TPSA) is 28.1 Å². The van der Waals surface area contributed by atoms with E-state index in [1.807, 2.05) is 0 Å². The molecule has 0 aromatic rings. The van der Waals surface area contributed by atoms with Gasteiger partial charge in [0.1, 0.15) is 0 Å². The van der Waals surface area contributed by atoms with Gasteiger partial charge in [0.25, 0.3) is 17.0 Å². The van der Waals surface area contributed by atoms with E-state index in [0.29, 0.717) is 0 Å². The van der Waals surface area contributed by atoms with E-state index < -0.39 is 32.5 Å². The monoisotopic (exact) mass is 323 g/mol. The Labute approximate surface area is 116 Å². The number of hydrogen-bond acceptors (Lipinski definition) is 2. The molecule has 0 amide bonds. The summed E-state index contributed by atoms with van der Waals surface area (Å²) in [6, 6.07) is 0. The van der Waals surface area contributed by atoms with Crippen LogP contribution in [0.3, 0.4) is 0 Å². The predicted octanol–water partition coefficient (Wildman–Crippen LogP) is 3.78. The molecule has 1 aliphatic heterocycles. The average molecular weight is 324 g/mol. The van der Waals surface area contributed by atoms with Crippen molar-refractivity contribution in [2.45, 2.75) is 45.8 Å². The summed E-state index contributed by atoms with van der Waals surface area (Å²) >= 11 is 0. The fraction of sp³-hybridized carbons (Fsp3) is 1.00. The molecule has 0 bridgehead atoms. The molecule has 0 atom stereocenters. The van der Waals surface area contributed by atoms with E-state index in [-0.39, 0.29) is 0 Å². The summed E-state index contributed by atoms with van der Waals surface area (Å²) in [5, 5.41) is 0. The van der Waals surface area contributed by atoms with Gasteiger partial charge in [0, 0.05) is 0 Å². The fourth-order valence-electron chi connectivity index (χ4n) is 2.56. The van der Waals surface area contributed by atoms with Crippen LogP contribution in [0.4, 0.5) is 0 Å². The van der Waals surface area contributed by atoms with Crippen molar-refractivity contribution in [1.82, 2.24) is 8.67 Å². The standard InChI is InChI=1S/C10H30N3OPSi3/c1-12-15(3,11-16(4,5)6)13(2)18(9,10)14-17(12,7)8/h1-10H3. The summed E-state index contributed by atoms with van der Waals surface area (Å²) in [7, 11) is -2.10. The van der Waals surface area contributed by atoms with E-state index in [0.717, 1.165) is 0 Å². The van der Waals surface area contributed by atoms with Crippen molar-refractivity contribution in [3.63, 3.8) is 0 Å². The third-order valence-corrected chi connectivity index (χ3v) is 22.1. The minimum absolute atomic E-state index is 1.45. The Morgan fingerprint density at radius 3 is 1.56 bits per heavy atom. The third-order valence-electron chi connectivity index (χ3n) is 3.68. The Hall–Kier alpha value is 0.761. The van der Waals surface area contributed by atoms with Crippen molar-refractivity contribution in [3.8, 4) is 0 Å². The highest BCUT2D eigenvalue weighted by Gasteiger charge is 2.52. The maximum atomic E-state index is 6.51. The van der Waals surface area contributed by atoms with Crippen LogP contribution in [0.1, 0.15) is 0 Å². The number of hydrogen-bond donors (Lipinski definition) is 0. The van der Waals surface area contributed by atoms with E-state index in [9.17, 15) is 0 Å². The number of rotatable bonds is 1. The second-order valence-electron chi connectivity index (χ2n) is 7.18. The van der Waals surface area contributed by atoms with Gasteiger partial charge in [-0.05, 0) is 66.6 Å². The first kappa shape index (κ1) is 16.8. The van der Waals surface area contributed by atoms with Crippen LogP contribution in [0.25, 0.3) is 0 Å². The molecule has 8 heteroatoms. The Morgan fingerprint density at radius 2 is 1.28 bits per heavy atom. The van der Waals surface area contributed by atoms with Crippen LogP contribution in [0, 0.1) is 0 Å². The maximum absolute atomic E-state index is 6.51. The van der Waals surface area contributed by atoms with Gasteiger partial charge in [-0.1, -0.05) is 0 Å². The Balaban J connectivity index is 3.43. The Kier molecular flexibility index (Phi) is 4.34. The number of nitrogens with zero attached hydrogens (tertiary/aromatic N) is 3. The van der Waals surface area contributed by atoms with Crippen LogP contribution in [0.15, 0.2) is 4.41 Å². The van der Waals surface area contributed by atoms with Crippen LogP contribution >= 0.6 is 7.36 Å². The molecule has 108 valence electrons. The van der Waals surface area contributed by atoms with Crippen LogP contribution in [0.5, 0.6) is 0 Å². The minimum atomic E-state index is -1.78. The molecule has 0 aromatic carbocycles. The zero-order valence-electron chi connectivity index (χ0n) is 13.7. The molecule has 1 aliphatic rings. The molecular weight excluding hydrogens is 293 g/mol. The summed E-state index contributed by atoms with van der Waals surface area (Å²) in [6.45, 7) is 18.6. The molecule has 0 spiro atoms. The van der Waals surface area contributed by atoms with Crippen LogP contribution in [-0.4, -0.2) is 54.6 Å². The molecule has 0 saturated carbocycles. The van der Waals surface area contributed by atoms with Crippen LogP contribution in [0.2, 0.25) is 45.8 Å². The highest BCUT2D eigenvalue weighted by atomic mass is 31.2. The van der Waals surface area contributed by atoms with E-state index >= 15 is 0 Å². The Morgan fingerprint density at radius 1 is 0.944 bits per heavy atom. The SMILES string of the molecule is CN1[Si](C)(C)O[Si](C)(C)N(C)P1(C)=N[Si](C)(C)C. The van der Waals surface area contributed by atoms with Crippen molar-refractivity contribution in [2.24, 2.45) is 4.41 Å². The molecule has 0 unspecified atom stereocenters. The first-order chi connectivity index (χ1) is 7.72. The molecule has 4 nitrogen and oxygen atoms in total. The molecule has 0 aliphatic carbocycles. The van der Waals surface area contributed by atoms with E-state index in [4.69, 9.17) is 8.53 Å². The second kappa shape index (κ2) is 4.65. The summed E-state index contributed by atoms with van der Waals surface area (Å²) in [5.41, 5.74) is 0. The van der Waals surface area contributed by atoms with Gasteiger partial charge in [-0.3, -0.25) is 8.67 Å². The summed E-state index contributed by atoms with van der Waals surface area (Å²) in [4.78, 5) is 0. The summed E-state index contributed by atoms with van der Waals surface area (Å²) in [6.07, 6.45) is 0. The lowest BCUT2D eigenvalue weighted by Gasteiger charge is -2.57. The van der Waals surface area contributed by atoms with Gasteiger partial charge >= 0.3 is 0 Å². The Bertz CT molecular complexity index is 368. The maximum Gasteiger partial charge on any atom is 0.260 e. The molecule has 1 saturated heterocycles. The zero-order valence-corrected chi connectivity index (χ0v) is 17.6. The molecule has 1 rings (SSSR count). The van der Waals surface area contributed by atoms with Gasteiger partial charge in [0.05, 0.1) is 7.36 Å². The van der Waals surface area contributed by atoms with Crippen LogP contribution in [-0.2, 0) is 4.12 Å². The van der Waals surface area contributed by atoms with Gasteiger partial charge < -0.3 is 8.53 Å². The lowest BCUT2D eigenvalue weighted by atomic mass is 11.6. The van der Waals surface area contributed by atoms with Crippen molar-refractivity contribution in [1.29, 1.82) is 0 Å². The van der Waals surface area contributed by atoms with Gasteiger partial charge in [-0.25, -0.2) is 0 Å². The minimum Gasteiger partial charge on any atom is -0.432 e. The quantitative estimate of drug-likeness (QED) is 0.543. The molecule has 0 N–H and O–H groups in total. The lowest BCUT2D eigenvalue weighted by Crippen LogP contribution is -2.66. The summed E-state index contributed by atoms with van der Waals surface area (Å²) in [5.74, 6) is 0. The molecular formula is C10H30N3OPSi3. The molecule has 1 heterocycles. The molecule has 18 heavy (non-hydrogen) atoms. The van der Waals surface area contributed by atoms with Gasteiger partial charge in [-0.15, -0.1) is 0 Å². The predicted molar refractivity (Wildman–Crippen MR) is 90.2 cm³/mol. The van der Waals surface area contributed by atoms with Gasteiger partial charge in [0.15, 0.2) is 8.24 Å². The van der Waals surface area contributed by atoms with Gasteiger partial charge in [-0.2, -0.15) is 0 Å². The van der Waals surface area contributed by atoms with E-state index in [2.05, 4.69) is 75.3 Å². The molecule has 0 aromatic heterocycles. The average Bonchev–Trinajstić information content (AvgIpc) is 2.09. The largest absolute Gasteiger partial charge is 0.432 e. The van der Waals surface area contributed by atoms with Crippen molar-refractivity contribution >= 4 is 32.5 Å². The smallest absolute Gasteiger partial charge is 0.260 e. The first-order valence-electron chi connectivity index (χ1n) is 6.52. The van der Waals surface area contributed by atoms with E-state index in [1.54, 1.807) is 0 Å². The third kappa shape index (κ3) is 3.08. The normalized spacial score (nSPS) is 28.1. The van der Waals surface area contributed by atoms with Crippen molar-refractivity contribution < 1.29 is 4.12 Å². The highest BCUT2D eigenvalue weighted by molar-refractivity contribution is 7.66. The fourth-order valence-corrected chi connectivity index (χ4v) is 24.4. The molecule has 0 radical (unpaired) electrons. The van der Waals surface area contributed by atoms with Gasteiger partial charge in [0.2, 0.25) is 0 Å². The summed E-state index contributed by atoms with van der Waals surface area (Å²) < 4.78 is 16.9. The van der Waals surface area contributed by atoms with Crippen molar-refractivity contribution in [2.75, 3.05) is 20.8 Å². The van der Waals surface area contributed by atoms with Crippen molar-refractivity contribution in [3.05, 3.63) is 0 Å². The second-order valence-corrected chi connectivity index (χ2v) is 24.0. The zero-order chi connectivity index (χ0) is 14.6. The lowest BCUT2D eigenvalue weighted by molar-refractivity contribution is 0.410. The molecule has 1 fully saturated rings. The van der Waals surface area contributed by atoms with E-state index in [1.165, 1.54) is 0 Å². The highest BCUT2D eigenvalue weighted by Crippen LogP contribution is 2.60.